The van der Waals surface area contributed by atoms with Gasteiger partial charge in [-0.2, -0.15) is 9.97 Å². The summed E-state index contributed by atoms with van der Waals surface area (Å²) in [4.78, 5) is 12.6. The standard InChI is InChI=1S/C13H24N4O2/c1-6-8-18-12-15-11(14-7-2)16-13(17-12)19-10(5)9(3)4/h9-10H,6-8H2,1-5H3,(H,14,15,16,17). The lowest BCUT2D eigenvalue weighted by Gasteiger charge is -2.17. The molecule has 0 aromatic carbocycles. The Morgan fingerprint density at radius 2 is 1.74 bits per heavy atom. The van der Waals surface area contributed by atoms with E-state index >= 15 is 0 Å². The molecule has 0 amide bonds. The lowest BCUT2D eigenvalue weighted by molar-refractivity contribution is 0.152. The molecule has 0 aliphatic heterocycles. The van der Waals surface area contributed by atoms with Crippen LogP contribution in [0.2, 0.25) is 0 Å². The van der Waals surface area contributed by atoms with Crippen LogP contribution >= 0.6 is 0 Å². The van der Waals surface area contributed by atoms with Gasteiger partial charge in [0, 0.05) is 6.54 Å². The molecule has 0 aliphatic carbocycles. The van der Waals surface area contributed by atoms with Crippen molar-refractivity contribution in [1.29, 1.82) is 0 Å². The van der Waals surface area contributed by atoms with Crippen molar-refractivity contribution in [2.75, 3.05) is 18.5 Å². The third kappa shape index (κ3) is 5.28. The van der Waals surface area contributed by atoms with Gasteiger partial charge in [0.2, 0.25) is 5.95 Å². The average Bonchev–Trinajstić information content (AvgIpc) is 2.36. The molecule has 108 valence electrons. The largest absolute Gasteiger partial charge is 0.463 e. The summed E-state index contributed by atoms with van der Waals surface area (Å²) in [6, 6.07) is 0.608. The van der Waals surface area contributed by atoms with Gasteiger partial charge in [0.15, 0.2) is 0 Å². The number of rotatable bonds is 8. The summed E-state index contributed by atoms with van der Waals surface area (Å²) in [5, 5.41) is 3.04. The predicted octanol–water partition coefficient (Wildman–Crippen LogP) is 2.52. The molecule has 0 fully saturated rings. The number of anilines is 1. The third-order valence-corrected chi connectivity index (χ3v) is 2.59. The number of hydrogen-bond acceptors (Lipinski definition) is 6. The summed E-state index contributed by atoms with van der Waals surface area (Å²) in [6.07, 6.45) is 0.941. The SMILES string of the molecule is CCCOc1nc(NCC)nc(OC(C)C(C)C)n1. The Morgan fingerprint density at radius 3 is 2.32 bits per heavy atom. The molecule has 0 bridgehead atoms. The molecule has 0 saturated carbocycles. The maximum Gasteiger partial charge on any atom is 0.324 e. The van der Waals surface area contributed by atoms with Crippen LogP contribution in [0, 0.1) is 5.92 Å². The molecule has 0 aliphatic rings. The molecule has 1 N–H and O–H groups in total. The summed E-state index contributed by atoms with van der Waals surface area (Å²) in [5.41, 5.74) is 0. The highest BCUT2D eigenvalue weighted by Crippen LogP contribution is 2.16. The van der Waals surface area contributed by atoms with Gasteiger partial charge >= 0.3 is 12.0 Å². The second-order valence-corrected chi connectivity index (χ2v) is 4.67. The molecule has 1 rings (SSSR count). The fraction of sp³-hybridized carbons (Fsp3) is 0.769. The molecular formula is C13H24N4O2. The number of aromatic nitrogens is 3. The number of ether oxygens (including phenoxy) is 2. The van der Waals surface area contributed by atoms with Crippen molar-refractivity contribution >= 4 is 5.95 Å². The molecule has 1 aromatic rings. The zero-order valence-corrected chi connectivity index (χ0v) is 12.4. The first-order chi connectivity index (χ1) is 9.06. The molecule has 19 heavy (non-hydrogen) atoms. The van der Waals surface area contributed by atoms with Gasteiger partial charge in [-0.1, -0.05) is 20.8 Å². The normalized spacial score (nSPS) is 12.3. The number of nitrogens with zero attached hydrogens (tertiary/aromatic N) is 3. The molecule has 0 radical (unpaired) electrons. The van der Waals surface area contributed by atoms with Crippen LogP contribution in [0.25, 0.3) is 0 Å². The van der Waals surface area contributed by atoms with Gasteiger partial charge in [-0.15, -0.1) is 4.98 Å². The van der Waals surface area contributed by atoms with Crippen LogP contribution in [0.15, 0.2) is 0 Å². The zero-order chi connectivity index (χ0) is 14.3. The summed E-state index contributed by atoms with van der Waals surface area (Å²) in [6.45, 7) is 11.5. The molecular weight excluding hydrogens is 244 g/mol. The Morgan fingerprint density at radius 1 is 1.05 bits per heavy atom. The molecule has 6 nitrogen and oxygen atoms in total. The van der Waals surface area contributed by atoms with Gasteiger partial charge in [-0.25, -0.2) is 0 Å². The monoisotopic (exact) mass is 268 g/mol. The highest BCUT2D eigenvalue weighted by molar-refractivity contribution is 5.27. The van der Waals surface area contributed by atoms with Gasteiger partial charge < -0.3 is 14.8 Å². The minimum Gasteiger partial charge on any atom is -0.463 e. The Labute approximate surface area is 115 Å². The van der Waals surface area contributed by atoms with Crippen LogP contribution < -0.4 is 14.8 Å². The van der Waals surface area contributed by atoms with Gasteiger partial charge in [0.05, 0.1) is 6.61 Å². The lowest BCUT2D eigenvalue weighted by atomic mass is 10.1. The quantitative estimate of drug-likeness (QED) is 0.781. The fourth-order valence-electron chi connectivity index (χ4n) is 1.19. The van der Waals surface area contributed by atoms with Crippen molar-refractivity contribution < 1.29 is 9.47 Å². The minimum absolute atomic E-state index is 0.0379. The minimum atomic E-state index is 0.0379. The molecule has 0 spiro atoms. The summed E-state index contributed by atoms with van der Waals surface area (Å²) >= 11 is 0. The van der Waals surface area contributed by atoms with Crippen LogP contribution in [0.3, 0.4) is 0 Å². The van der Waals surface area contributed by atoms with Crippen LogP contribution in [0.1, 0.15) is 41.0 Å². The molecule has 1 atom stereocenters. The average molecular weight is 268 g/mol. The molecule has 1 aromatic heterocycles. The zero-order valence-electron chi connectivity index (χ0n) is 12.4. The van der Waals surface area contributed by atoms with E-state index in [1.165, 1.54) is 0 Å². The molecule has 0 saturated heterocycles. The second kappa shape index (κ2) is 7.76. The second-order valence-electron chi connectivity index (χ2n) is 4.67. The van der Waals surface area contributed by atoms with Crippen molar-refractivity contribution in [2.45, 2.75) is 47.1 Å². The van der Waals surface area contributed by atoms with E-state index in [1.807, 2.05) is 20.8 Å². The van der Waals surface area contributed by atoms with E-state index in [4.69, 9.17) is 9.47 Å². The van der Waals surface area contributed by atoms with Gasteiger partial charge in [0.1, 0.15) is 6.10 Å². The van der Waals surface area contributed by atoms with E-state index in [1.54, 1.807) is 0 Å². The van der Waals surface area contributed by atoms with E-state index < -0.39 is 0 Å². The fourth-order valence-corrected chi connectivity index (χ4v) is 1.19. The smallest absolute Gasteiger partial charge is 0.324 e. The van der Waals surface area contributed by atoms with Crippen LogP contribution in [0.5, 0.6) is 12.0 Å². The number of hydrogen-bond donors (Lipinski definition) is 1. The van der Waals surface area contributed by atoms with Crippen LogP contribution in [-0.2, 0) is 0 Å². The van der Waals surface area contributed by atoms with E-state index in [2.05, 4.69) is 34.1 Å². The van der Waals surface area contributed by atoms with Crippen LogP contribution in [-0.4, -0.2) is 34.2 Å². The third-order valence-electron chi connectivity index (χ3n) is 2.59. The molecule has 6 heteroatoms. The maximum absolute atomic E-state index is 5.70. The van der Waals surface area contributed by atoms with Crippen molar-refractivity contribution in [3.05, 3.63) is 0 Å². The van der Waals surface area contributed by atoms with Crippen LogP contribution in [0.4, 0.5) is 5.95 Å². The van der Waals surface area contributed by atoms with E-state index in [-0.39, 0.29) is 6.10 Å². The van der Waals surface area contributed by atoms with Crippen molar-refractivity contribution in [2.24, 2.45) is 5.92 Å². The maximum atomic E-state index is 5.70. The topological polar surface area (TPSA) is 69.2 Å². The van der Waals surface area contributed by atoms with Crippen molar-refractivity contribution in [3.8, 4) is 12.0 Å². The Kier molecular flexibility index (Phi) is 6.32. The summed E-state index contributed by atoms with van der Waals surface area (Å²) in [5.74, 6) is 0.869. The van der Waals surface area contributed by atoms with Gasteiger partial charge in [-0.05, 0) is 26.2 Å². The van der Waals surface area contributed by atoms with Gasteiger partial charge in [-0.3, -0.25) is 0 Å². The van der Waals surface area contributed by atoms with Gasteiger partial charge in [0.25, 0.3) is 0 Å². The summed E-state index contributed by atoms with van der Waals surface area (Å²) in [7, 11) is 0. The highest BCUT2D eigenvalue weighted by atomic mass is 16.5. The molecule has 1 unspecified atom stereocenters. The first kappa shape index (κ1) is 15.5. The Hall–Kier alpha value is -1.59. The van der Waals surface area contributed by atoms with E-state index in [0.717, 1.165) is 13.0 Å². The van der Waals surface area contributed by atoms with E-state index in [0.29, 0.717) is 30.5 Å². The predicted molar refractivity (Wildman–Crippen MR) is 74.7 cm³/mol. The van der Waals surface area contributed by atoms with Crippen molar-refractivity contribution in [1.82, 2.24) is 15.0 Å². The Bertz CT molecular complexity index is 385. The Balaban J connectivity index is 2.85. The molecule has 1 heterocycles. The first-order valence-electron chi connectivity index (χ1n) is 6.86. The lowest BCUT2D eigenvalue weighted by Crippen LogP contribution is -2.20. The first-order valence-corrected chi connectivity index (χ1v) is 6.86. The highest BCUT2D eigenvalue weighted by Gasteiger charge is 2.13. The van der Waals surface area contributed by atoms with E-state index in [9.17, 15) is 0 Å². The number of nitrogens with one attached hydrogen (secondary N) is 1. The van der Waals surface area contributed by atoms with Crippen molar-refractivity contribution in [3.63, 3.8) is 0 Å². The summed E-state index contributed by atoms with van der Waals surface area (Å²) < 4.78 is 11.1.